The molecule has 0 unspecified atom stereocenters. The van der Waals surface area contributed by atoms with E-state index < -0.39 is 6.16 Å². The zero-order valence-corrected chi connectivity index (χ0v) is 16.0. The largest absolute Gasteiger partial charge is 0.508 e. The van der Waals surface area contributed by atoms with E-state index in [0.717, 1.165) is 20.1 Å². The first-order chi connectivity index (χ1) is 11.6. The van der Waals surface area contributed by atoms with Crippen molar-refractivity contribution in [2.45, 2.75) is 0 Å². The Labute approximate surface area is 158 Å². The Bertz CT molecular complexity index is 643. The molecule has 24 heavy (non-hydrogen) atoms. The van der Waals surface area contributed by atoms with Gasteiger partial charge in [-0.15, -0.1) is 0 Å². The number of hydrogen-bond acceptors (Lipinski definition) is 3. The lowest BCUT2D eigenvalue weighted by molar-refractivity contribution is 0.0720. The van der Waals surface area contributed by atoms with E-state index in [1.807, 2.05) is 60.7 Å². The lowest BCUT2D eigenvalue weighted by Gasteiger charge is -2.01. The molecule has 0 fully saturated rings. The maximum atomic E-state index is 11.4. The number of rotatable bonds is 6. The van der Waals surface area contributed by atoms with Gasteiger partial charge < -0.3 is 9.47 Å². The second-order valence-electron chi connectivity index (χ2n) is 4.78. The molecular formula is C19H16Br2O3. The van der Waals surface area contributed by atoms with Gasteiger partial charge in [-0.05, 0) is 47.5 Å². The first kappa shape index (κ1) is 18.5. The van der Waals surface area contributed by atoms with E-state index >= 15 is 0 Å². The molecule has 2 aromatic rings. The average molecular weight is 452 g/mol. The second kappa shape index (κ2) is 10.1. The molecule has 2 rings (SSSR count). The van der Waals surface area contributed by atoms with Crippen LogP contribution in [-0.4, -0.2) is 19.4 Å². The monoisotopic (exact) mass is 450 g/mol. The maximum Gasteiger partial charge on any atom is 0.508 e. The lowest BCUT2D eigenvalue weighted by Crippen LogP contribution is -2.07. The number of benzene rings is 2. The van der Waals surface area contributed by atoms with Gasteiger partial charge >= 0.3 is 6.16 Å². The van der Waals surface area contributed by atoms with E-state index in [-0.39, 0.29) is 13.2 Å². The standard InChI is InChI=1S/C19H16Br2O3/c20-17-9-5-15(6-10-17)3-1-13-23-19(22)24-14-2-4-16-7-11-18(21)12-8-16/h1-12H,13-14H2. The number of carbonyl (C=O) groups is 1. The van der Waals surface area contributed by atoms with Crippen molar-refractivity contribution in [3.8, 4) is 0 Å². The fourth-order valence-electron chi connectivity index (χ4n) is 1.79. The van der Waals surface area contributed by atoms with Crippen molar-refractivity contribution in [3.05, 3.63) is 80.8 Å². The highest BCUT2D eigenvalue weighted by Gasteiger charge is 1.99. The molecule has 0 heterocycles. The second-order valence-corrected chi connectivity index (χ2v) is 6.61. The van der Waals surface area contributed by atoms with E-state index in [0.29, 0.717) is 0 Å². The summed E-state index contributed by atoms with van der Waals surface area (Å²) in [6, 6.07) is 15.7. The van der Waals surface area contributed by atoms with E-state index in [1.165, 1.54) is 0 Å². The van der Waals surface area contributed by atoms with Crippen LogP contribution >= 0.6 is 31.9 Å². The van der Waals surface area contributed by atoms with Crippen LogP contribution in [0.3, 0.4) is 0 Å². The van der Waals surface area contributed by atoms with Crippen LogP contribution in [0.15, 0.2) is 69.6 Å². The molecule has 0 spiro atoms. The van der Waals surface area contributed by atoms with Crippen molar-refractivity contribution < 1.29 is 14.3 Å². The molecule has 3 nitrogen and oxygen atoms in total. The first-order valence-electron chi connectivity index (χ1n) is 7.27. The van der Waals surface area contributed by atoms with Gasteiger partial charge in [0.15, 0.2) is 0 Å². The van der Waals surface area contributed by atoms with Crippen molar-refractivity contribution in [1.82, 2.24) is 0 Å². The fourth-order valence-corrected chi connectivity index (χ4v) is 2.32. The molecule has 0 aliphatic carbocycles. The molecule has 0 aliphatic heterocycles. The van der Waals surface area contributed by atoms with Crippen LogP contribution in [0.25, 0.3) is 12.2 Å². The van der Waals surface area contributed by atoms with Crippen molar-refractivity contribution in [3.63, 3.8) is 0 Å². The SMILES string of the molecule is O=C(OCC=Cc1ccc(Br)cc1)OCC=Cc1ccc(Br)cc1. The minimum atomic E-state index is -0.684. The van der Waals surface area contributed by atoms with Gasteiger partial charge in [-0.3, -0.25) is 0 Å². The highest BCUT2D eigenvalue weighted by Crippen LogP contribution is 2.12. The third-order valence-electron chi connectivity index (χ3n) is 2.96. The molecule has 0 bridgehead atoms. The van der Waals surface area contributed by atoms with Gasteiger partial charge in [0.1, 0.15) is 13.2 Å². The summed E-state index contributed by atoms with van der Waals surface area (Å²) in [7, 11) is 0. The Morgan fingerprint density at radius 2 is 1.12 bits per heavy atom. The Morgan fingerprint density at radius 3 is 1.50 bits per heavy atom. The average Bonchev–Trinajstić information content (AvgIpc) is 2.59. The molecule has 124 valence electrons. The van der Waals surface area contributed by atoms with Gasteiger partial charge in [0, 0.05) is 8.95 Å². The summed E-state index contributed by atoms with van der Waals surface area (Å²) in [5.41, 5.74) is 2.07. The van der Waals surface area contributed by atoms with Crippen molar-refractivity contribution >= 4 is 50.2 Å². The van der Waals surface area contributed by atoms with Crippen LogP contribution in [0.5, 0.6) is 0 Å². The zero-order chi connectivity index (χ0) is 17.2. The highest BCUT2D eigenvalue weighted by atomic mass is 79.9. The van der Waals surface area contributed by atoms with Gasteiger partial charge in [0.2, 0.25) is 0 Å². The first-order valence-corrected chi connectivity index (χ1v) is 8.86. The van der Waals surface area contributed by atoms with Crippen LogP contribution < -0.4 is 0 Å². The smallest absolute Gasteiger partial charge is 0.430 e. The molecule has 0 saturated heterocycles. The summed E-state index contributed by atoms with van der Waals surface area (Å²) in [5, 5.41) is 0. The number of ether oxygens (including phenoxy) is 2. The Balaban J connectivity index is 1.64. The van der Waals surface area contributed by atoms with Gasteiger partial charge in [-0.2, -0.15) is 0 Å². The van der Waals surface area contributed by atoms with Crippen molar-refractivity contribution in [1.29, 1.82) is 0 Å². The van der Waals surface area contributed by atoms with Gasteiger partial charge in [0.05, 0.1) is 0 Å². The molecule has 0 aromatic heterocycles. The van der Waals surface area contributed by atoms with Crippen LogP contribution in [0, 0.1) is 0 Å². The predicted molar refractivity (Wildman–Crippen MR) is 104 cm³/mol. The van der Waals surface area contributed by atoms with Crippen molar-refractivity contribution in [2.24, 2.45) is 0 Å². The molecule has 5 heteroatoms. The number of halogens is 2. The Hall–Kier alpha value is -1.85. The van der Waals surface area contributed by atoms with E-state index in [9.17, 15) is 4.79 Å². The summed E-state index contributed by atoms with van der Waals surface area (Å²) in [5.74, 6) is 0. The third kappa shape index (κ3) is 7.15. The molecule has 0 N–H and O–H groups in total. The molecular weight excluding hydrogens is 436 g/mol. The minimum Gasteiger partial charge on any atom is -0.430 e. The summed E-state index contributed by atoms with van der Waals surface area (Å²) >= 11 is 6.75. The third-order valence-corrected chi connectivity index (χ3v) is 4.01. The summed E-state index contributed by atoms with van der Waals surface area (Å²) in [6.45, 7) is 0.344. The van der Waals surface area contributed by atoms with Gasteiger partial charge in [0.25, 0.3) is 0 Å². The van der Waals surface area contributed by atoms with E-state index in [4.69, 9.17) is 9.47 Å². The summed E-state index contributed by atoms with van der Waals surface area (Å²) < 4.78 is 12.0. The minimum absolute atomic E-state index is 0.172. The van der Waals surface area contributed by atoms with Gasteiger partial charge in [-0.25, -0.2) is 4.79 Å². The lowest BCUT2D eigenvalue weighted by atomic mass is 10.2. The topological polar surface area (TPSA) is 35.5 Å². The molecule has 0 aliphatic rings. The molecule has 0 atom stereocenters. The number of carbonyl (C=O) groups excluding carboxylic acids is 1. The Morgan fingerprint density at radius 1 is 0.750 bits per heavy atom. The van der Waals surface area contributed by atoms with Crippen LogP contribution in [0.2, 0.25) is 0 Å². The summed E-state index contributed by atoms with van der Waals surface area (Å²) in [4.78, 5) is 11.4. The molecule has 0 radical (unpaired) electrons. The van der Waals surface area contributed by atoms with Crippen LogP contribution in [0.4, 0.5) is 4.79 Å². The molecule has 2 aromatic carbocycles. The predicted octanol–water partition coefficient (Wildman–Crippen LogP) is 6.09. The zero-order valence-electron chi connectivity index (χ0n) is 12.8. The summed E-state index contributed by atoms with van der Waals surface area (Å²) in [6.07, 6.45) is 6.61. The Kier molecular flexibility index (Phi) is 7.79. The van der Waals surface area contributed by atoms with E-state index in [1.54, 1.807) is 12.2 Å². The van der Waals surface area contributed by atoms with E-state index in [2.05, 4.69) is 31.9 Å². The number of hydrogen-bond donors (Lipinski definition) is 0. The van der Waals surface area contributed by atoms with Gasteiger partial charge in [-0.1, -0.05) is 68.3 Å². The molecule has 0 saturated carbocycles. The van der Waals surface area contributed by atoms with Crippen molar-refractivity contribution in [2.75, 3.05) is 13.2 Å². The van der Waals surface area contributed by atoms with Crippen LogP contribution in [0.1, 0.15) is 11.1 Å². The quantitative estimate of drug-likeness (QED) is 0.498. The highest BCUT2D eigenvalue weighted by molar-refractivity contribution is 9.10. The normalized spacial score (nSPS) is 11.1. The fraction of sp³-hybridized carbons (Fsp3) is 0.105. The molecule has 0 amide bonds. The van der Waals surface area contributed by atoms with Crippen LogP contribution in [-0.2, 0) is 9.47 Å². The maximum absolute atomic E-state index is 11.4.